The third-order valence-electron chi connectivity index (χ3n) is 4.07. The normalized spacial score (nSPS) is 18.0. The van der Waals surface area contributed by atoms with Gasteiger partial charge in [0.2, 0.25) is 11.8 Å². The molecular formula is C16H15N3O5S. The lowest BCUT2D eigenvalue weighted by atomic mass is 10.1. The Hall–Kier alpha value is -2.68. The number of hydrogen-bond acceptors (Lipinski definition) is 6. The predicted octanol–water partition coefficient (Wildman–Crippen LogP) is 0.483. The molecule has 130 valence electrons. The standard InChI is InChI=1S/C16H15N3O5S/c1-9(13(21)17-6-7-18-12(20)8-25-16(18)24)19-14(22)10-4-2-3-5-11(10)15(19)23/h2-5,9H,6-8H2,1H3,(H,17,21). The molecule has 5 amide bonds. The minimum Gasteiger partial charge on any atom is -0.353 e. The molecule has 0 saturated carbocycles. The van der Waals surface area contributed by atoms with Crippen molar-refractivity contribution in [1.82, 2.24) is 15.1 Å². The maximum Gasteiger partial charge on any atom is 0.288 e. The summed E-state index contributed by atoms with van der Waals surface area (Å²) in [5, 5.41) is 2.21. The number of nitrogens with zero attached hydrogens (tertiary/aromatic N) is 2. The molecule has 0 bridgehead atoms. The Morgan fingerprint density at radius 2 is 1.76 bits per heavy atom. The van der Waals surface area contributed by atoms with Gasteiger partial charge in [0.1, 0.15) is 6.04 Å². The van der Waals surface area contributed by atoms with Gasteiger partial charge in [0, 0.05) is 13.1 Å². The molecule has 1 unspecified atom stereocenters. The zero-order valence-electron chi connectivity index (χ0n) is 13.4. The molecule has 9 heteroatoms. The van der Waals surface area contributed by atoms with Crippen molar-refractivity contribution in [3.05, 3.63) is 35.4 Å². The molecule has 25 heavy (non-hydrogen) atoms. The average Bonchev–Trinajstić information content (AvgIpc) is 3.05. The summed E-state index contributed by atoms with van der Waals surface area (Å²) in [6.45, 7) is 1.58. The Balaban J connectivity index is 1.60. The first-order valence-corrected chi connectivity index (χ1v) is 8.62. The van der Waals surface area contributed by atoms with Crippen molar-refractivity contribution in [2.24, 2.45) is 0 Å². The summed E-state index contributed by atoms with van der Waals surface area (Å²) in [6.07, 6.45) is 0. The summed E-state index contributed by atoms with van der Waals surface area (Å²) >= 11 is 0.920. The van der Waals surface area contributed by atoms with E-state index in [1.54, 1.807) is 24.3 Å². The summed E-state index contributed by atoms with van der Waals surface area (Å²) in [6, 6.07) is 5.40. The van der Waals surface area contributed by atoms with Crippen LogP contribution in [0.5, 0.6) is 0 Å². The second-order valence-electron chi connectivity index (χ2n) is 5.59. The molecule has 2 aliphatic heterocycles. The minimum absolute atomic E-state index is 0.0599. The minimum atomic E-state index is -0.994. The summed E-state index contributed by atoms with van der Waals surface area (Å²) in [4.78, 5) is 61.9. The SMILES string of the molecule is CC(C(=O)NCCN1C(=O)CSC1=O)N1C(=O)c2ccccc2C1=O. The van der Waals surface area contributed by atoms with Gasteiger partial charge < -0.3 is 5.32 Å². The maximum absolute atomic E-state index is 12.3. The van der Waals surface area contributed by atoms with Crippen molar-refractivity contribution in [3.8, 4) is 0 Å². The second-order valence-corrected chi connectivity index (χ2v) is 6.52. The number of carbonyl (C=O) groups is 5. The van der Waals surface area contributed by atoms with E-state index in [1.165, 1.54) is 6.92 Å². The molecule has 8 nitrogen and oxygen atoms in total. The molecule has 1 atom stereocenters. The van der Waals surface area contributed by atoms with Crippen molar-refractivity contribution in [3.63, 3.8) is 0 Å². The molecule has 1 aromatic carbocycles. The number of benzene rings is 1. The van der Waals surface area contributed by atoms with E-state index in [-0.39, 0.29) is 41.1 Å². The van der Waals surface area contributed by atoms with Crippen LogP contribution >= 0.6 is 11.8 Å². The molecule has 1 aromatic rings. The van der Waals surface area contributed by atoms with E-state index in [4.69, 9.17) is 0 Å². The molecule has 1 fully saturated rings. The summed E-state index contributed by atoms with van der Waals surface area (Å²) in [5.41, 5.74) is 0.551. The van der Waals surface area contributed by atoms with Gasteiger partial charge in [-0.1, -0.05) is 23.9 Å². The first-order chi connectivity index (χ1) is 11.9. The number of thioether (sulfide) groups is 1. The molecule has 1 N–H and O–H groups in total. The Morgan fingerprint density at radius 1 is 1.16 bits per heavy atom. The molecular weight excluding hydrogens is 346 g/mol. The van der Waals surface area contributed by atoms with Crippen molar-refractivity contribution in [2.45, 2.75) is 13.0 Å². The fourth-order valence-electron chi connectivity index (χ4n) is 2.71. The largest absolute Gasteiger partial charge is 0.353 e. The van der Waals surface area contributed by atoms with E-state index >= 15 is 0 Å². The molecule has 0 spiro atoms. The van der Waals surface area contributed by atoms with Gasteiger partial charge in [-0.05, 0) is 19.1 Å². The number of rotatable bonds is 5. The van der Waals surface area contributed by atoms with Crippen LogP contribution in [0.15, 0.2) is 24.3 Å². The molecule has 0 aliphatic carbocycles. The van der Waals surface area contributed by atoms with Gasteiger partial charge in [-0.3, -0.25) is 33.8 Å². The predicted molar refractivity (Wildman–Crippen MR) is 89.0 cm³/mol. The lowest BCUT2D eigenvalue weighted by Gasteiger charge is -2.22. The highest BCUT2D eigenvalue weighted by Crippen LogP contribution is 2.24. The van der Waals surface area contributed by atoms with Crippen LogP contribution in [0.4, 0.5) is 4.79 Å². The average molecular weight is 361 g/mol. The fourth-order valence-corrected chi connectivity index (χ4v) is 3.46. The van der Waals surface area contributed by atoms with Crippen LogP contribution in [0.3, 0.4) is 0 Å². The Labute approximate surface area is 147 Å². The summed E-state index contributed by atoms with van der Waals surface area (Å²) in [5.74, 6) is -1.73. The molecule has 0 aromatic heterocycles. The quantitative estimate of drug-likeness (QED) is 0.765. The highest BCUT2D eigenvalue weighted by molar-refractivity contribution is 8.14. The van der Waals surface area contributed by atoms with Gasteiger partial charge in [0.05, 0.1) is 16.9 Å². The smallest absolute Gasteiger partial charge is 0.288 e. The van der Waals surface area contributed by atoms with Gasteiger partial charge in [-0.15, -0.1) is 0 Å². The number of carbonyl (C=O) groups excluding carboxylic acids is 5. The van der Waals surface area contributed by atoms with Gasteiger partial charge in [0.25, 0.3) is 17.1 Å². The highest BCUT2D eigenvalue weighted by Gasteiger charge is 2.40. The summed E-state index contributed by atoms with van der Waals surface area (Å²) in [7, 11) is 0. The third-order valence-corrected chi connectivity index (χ3v) is 4.93. The molecule has 2 aliphatic rings. The van der Waals surface area contributed by atoms with Crippen molar-refractivity contribution >= 4 is 40.6 Å². The third kappa shape index (κ3) is 3.02. The van der Waals surface area contributed by atoms with E-state index in [0.717, 1.165) is 21.6 Å². The van der Waals surface area contributed by atoms with Crippen molar-refractivity contribution in [2.75, 3.05) is 18.8 Å². The van der Waals surface area contributed by atoms with Crippen LogP contribution in [0, 0.1) is 0 Å². The molecule has 0 radical (unpaired) electrons. The van der Waals surface area contributed by atoms with Crippen LogP contribution in [-0.2, 0) is 9.59 Å². The number of hydrogen-bond donors (Lipinski definition) is 1. The van der Waals surface area contributed by atoms with E-state index in [2.05, 4.69) is 5.32 Å². The second kappa shape index (κ2) is 6.67. The number of fused-ring (bicyclic) bond motifs is 1. The summed E-state index contributed by atoms with van der Waals surface area (Å²) < 4.78 is 0. The van der Waals surface area contributed by atoms with Gasteiger partial charge in [0.15, 0.2) is 0 Å². The van der Waals surface area contributed by atoms with Crippen LogP contribution in [0.2, 0.25) is 0 Å². The molecule has 3 rings (SSSR count). The van der Waals surface area contributed by atoms with Gasteiger partial charge in [-0.25, -0.2) is 0 Å². The lowest BCUT2D eigenvalue weighted by Crippen LogP contribution is -2.49. The topological polar surface area (TPSA) is 104 Å². The Bertz CT molecular complexity index is 743. The lowest BCUT2D eigenvalue weighted by molar-refractivity contribution is -0.126. The first-order valence-electron chi connectivity index (χ1n) is 7.63. The fraction of sp³-hybridized carbons (Fsp3) is 0.312. The van der Waals surface area contributed by atoms with Crippen LogP contribution < -0.4 is 5.32 Å². The number of imide groups is 2. The van der Waals surface area contributed by atoms with Crippen LogP contribution in [0.1, 0.15) is 27.6 Å². The monoisotopic (exact) mass is 361 g/mol. The van der Waals surface area contributed by atoms with Crippen molar-refractivity contribution in [1.29, 1.82) is 0 Å². The Morgan fingerprint density at radius 3 is 2.28 bits per heavy atom. The van der Waals surface area contributed by atoms with Crippen LogP contribution in [-0.4, -0.2) is 63.6 Å². The van der Waals surface area contributed by atoms with E-state index in [0.29, 0.717) is 0 Å². The first kappa shape index (κ1) is 17.2. The van der Waals surface area contributed by atoms with E-state index in [9.17, 15) is 24.0 Å². The zero-order chi connectivity index (χ0) is 18.1. The van der Waals surface area contributed by atoms with Crippen molar-refractivity contribution < 1.29 is 24.0 Å². The van der Waals surface area contributed by atoms with Gasteiger partial charge >= 0.3 is 0 Å². The highest BCUT2D eigenvalue weighted by atomic mass is 32.2. The van der Waals surface area contributed by atoms with E-state index in [1.807, 2.05) is 0 Å². The Kier molecular flexibility index (Phi) is 4.58. The number of amides is 5. The molecule has 1 saturated heterocycles. The number of nitrogens with one attached hydrogen (secondary N) is 1. The van der Waals surface area contributed by atoms with E-state index < -0.39 is 23.8 Å². The molecule has 2 heterocycles. The van der Waals surface area contributed by atoms with Crippen LogP contribution in [0.25, 0.3) is 0 Å². The van der Waals surface area contributed by atoms with Gasteiger partial charge in [-0.2, -0.15) is 0 Å². The maximum atomic E-state index is 12.3. The zero-order valence-corrected chi connectivity index (χ0v) is 14.2.